The van der Waals surface area contributed by atoms with E-state index in [1.165, 1.54) is 18.1 Å². The van der Waals surface area contributed by atoms with Crippen molar-refractivity contribution in [3.63, 3.8) is 0 Å². The van der Waals surface area contributed by atoms with Crippen LogP contribution < -0.4 is 5.32 Å². The van der Waals surface area contributed by atoms with Crippen LogP contribution in [0.25, 0.3) is 0 Å². The van der Waals surface area contributed by atoms with E-state index >= 15 is 0 Å². The van der Waals surface area contributed by atoms with Gasteiger partial charge in [-0.3, -0.25) is 4.90 Å². The number of methoxy groups -OCH3 is 1. The summed E-state index contributed by atoms with van der Waals surface area (Å²) < 4.78 is 19.2. The maximum Gasteiger partial charge on any atom is 0.337 e. The average Bonchev–Trinajstić information content (AvgIpc) is 2.65. The fourth-order valence-corrected chi connectivity index (χ4v) is 3.05. The van der Waals surface area contributed by atoms with Gasteiger partial charge in [0, 0.05) is 11.3 Å². The Kier molecular flexibility index (Phi) is 5.02. The van der Waals surface area contributed by atoms with Crippen LogP contribution in [0.15, 0.2) is 65.9 Å². The molecule has 2 aromatic carbocycles. The summed E-state index contributed by atoms with van der Waals surface area (Å²) in [6.45, 7) is 1.96. The van der Waals surface area contributed by atoms with Gasteiger partial charge >= 0.3 is 12.0 Å². The van der Waals surface area contributed by atoms with Gasteiger partial charge in [-0.25, -0.2) is 14.0 Å². The Morgan fingerprint density at radius 3 is 2.46 bits per heavy atom. The van der Waals surface area contributed by atoms with E-state index in [2.05, 4.69) is 5.32 Å². The number of esters is 1. The average molecular weight is 354 g/mol. The number of benzene rings is 2. The fourth-order valence-electron chi connectivity index (χ4n) is 3.05. The van der Waals surface area contributed by atoms with Crippen molar-refractivity contribution in [2.45, 2.75) is 19.5 Å². The van der Waals surface area contributed by atoms with Crippen molar-refractivity contribution in [2.75, 3.05) is 7.11 Å². The molecule has 0 bridgehead atoms. The second-order valence-corrected chi connectivity index (χ2v) is 5.97. The summed E-state index contributed by atoms with van der Waals surface area (Å²) in [4.78, 5) is 26.5. The van der Waals surface area contributed by atoms with Crippen LogP contribution in [0.3, 0.4) is 0 Å². The number of halogens is 1. The van der Waals surface area contributed by atoms with Gasteiger partial charge in [0.25, 0.3) is 0 Å². The third-order valence-electron chi connectivity index (χ3n) is 4.40. The van der Waals surface area contributed by atoms with Gasteiger partial charge in [-0.2, -0.15) is 0 Å². The summed E-state index contributed by atoms with van der Waals surface area (Å²) in [5.74, 6) is -1.10. The number of allylic oxidation sites excluding steroid dienone is 1. The van der Waals surface area contributed by atoms with Crippen molar-refractivity contribution in [3.8, 4) is 0 Å². The second-order valence-electron chi connectivity index (χ2n) is 5.97. The zero-order chi connectivity index (χ0) is 18.7. The SMILES string of the molecule is COC(=O)C1=C(C)N(Cc2ccccc2)C(=O)NC1c1ccccc1F. The number of rotatable bonds is 4. The van der Waals surface area contributed by atoms with Crippen LogP contribution in [0.4, 0.5) is 9.18 Å². The zero-order valence-electron chi connectivity index (χ0n) is 14.5. The lowest BCUT2D eigenvalue weighted by molar-refractivity contribution is -0.136. The number of carbonyl (C=O) groups excluding carboxylic acids is 2. The summed E-state index contributed by atoms with van der Waals surface area (Å²) in [6.07, 6.45) is 0. The van der Waals surface area contributed by atoms with Crippen LogP contribution >= 0.6 is 0 Å². The van der Waals surface area contributed by atoms with Crippen LogP contribution in [0.5, 0.6) is 0 Å². The van der Waals surface area contributed by atoms with Gasteiger partial charge in [0.05, 0.1) is 25.3 Å². The lowest BCUT2D eigenvalue weighted by atomic mass is 9.94. The van der Waals surface area contributed by atoms with Crippen molar-refractivity contribution in [1.82, 2.24) is 10.2 Å². The largest absolute Gasteiger partial charge is 0.466 e. The third-order valence-corrected chi connectivity index (χ3v) is 4.40. The predicted molar refractivity (Wildman–Crippen MR) is 94.4 cm³/mol. The van der Waals surface area contributed by atoms with E-state index in [0.717, 1.165) is 5.56 Å². The Hall–Kier alpha value is -3.15. The summed E-state index contributed by atoms with van der Waals surface area (Å²) in [7, 11) is 1.26. The first kappa shape index (κ1) is 17.7. The second kappa shape index (κ2) is 7.39. The molecule has 0 fully saturated rings. The van der Waals surface area contributed by atoms with E-state index < -0.39 is 23.9 Å². The Morgan fingerprint density at radius 2 is 1.81 bits per heavy atom. The third kappa shape index (κ3) is 3.31. The van der Waals surface area contributed by atoms with Crippen LogP contribution in [0.2, 0.25) is 0 Å². The highest BCUT2D eigenvalue weighted by Gasteiger charge is 2.37. The van der Waals surface area contributed by atoms with E-state index in [1.54, 1.807) is 25.1 Å². The molecule has 1 unspecified atom stereocenters. The number of nitrogens with zero attached hydrogens (tertiary/aromatic N) is 1. The molecule has 26 heavy (non-hydrogen) atoms. The molecule has 6 heteroatoms. The summed E-state index contributed by atoms with van der Waals surface area (Å²) >= 11 is 0. The minimum Gasteiger partial charge on any atom is -0.466 e. The van der Waals surface area contributed by atoms with Crippen LogP contribution in [-0.4, -0.2) is 24.0 Å². The molecule has 0 radical (unpaired) electrons. The summed E-state index contributed by atoms with van der Waals surface area (Å²) in [5, 5.41) is 2.73. The van der Waals surface area contributed by atoms with E-state index in [9.17, 15) is 14.0 Å². The molecular formula is C20H19FN2O3. The Bertz CT molecular complexity index is 864. The highest BCUT2D eigenvalue weighted by atomic mass is 19.1. The summed E-state index contributed by atoms with van der Waals surface area (Å²) in [5.41, 5.74) is 1.79. The van der Waals surface area contributed by atoms with Crippen molar-refractivity contribution < 1.29 is 18.7 Å². The number of ether oxygens (including phenoxy) is 1. The standard InChI is InChI=1S/C20H19FN2O3/c1-13-17(19(24)26-2)18(15-10-6-7-11-16(15)21)22-20(25)23(13)12-14-8-4-3-5-9-14/h3-11,18H,12H2,1-2H3,(H,22,25). The minimum atomic E-state index is -0.900. The highest BCUT2D eigenvalue weighted by Crippen LogP contribution is 2.33. The van der Waals surface area contributed by atoms with Crippen molar-refractivity contribution in [2.24, 2.45) is 0 Å². The van der Waals surface area contributed by atoms with Gasteiger partial charge in [0.2, 0.25) is 0 Å². The topological polar surface area (TPSA) is 58.6 Å². The number of hydrogen-bond acceptors (Lipinski definition) is 3. The lowest BCUT2D eigenvalue weighted by Gasteiger charge is -2.35. The van der Waals surface area contributed by atoms with Gasteiger partial charge < -0.3 is 10.1 Å². The van der Waals surface area contributed by atoms with Gasteiger partial charge in [-0.15, -0.1) is 0 Å². The van der Waals surface area contributed by atoms with E-state index in [1.807, 2.05) is 30.3 Å². The van der Waals surface area contributed by atoms with Crippen LogP contribution in [0.1, 0.15) is 24.1 Å². The maximum absolute atomic E-state index is 14.3. The monoisotopic (exact) mass is 354 g/mol. The first-order valence-electron chi connectivity index (χ1n) is 8.18. The zero-order valence-corrected chi connectivity index (χ0v) is 14.5. The van der Waals surface area contributed by atoms with Crippen molar-refractivity contribution in [3.05, 3.63) is 82.8 Å². The molecule has 1 atom stereocenters. The lowest BCUT2D eigenvalue weighted by Crippen LogP contribution is -2.47. The quantitative estimate of drug-likeness (QED) is 0.855. The molecule has 1 N–H and O–H groups in total. The smallest absolute Gasteiger partial charge is 0.337 e. The van der Waals surface area contributed by atoms with Crippen molar-refractivity contribution >= 4 is 12.0 Å². The molecule has 0 aliphatic carbocycles. The molecule has 134 valence electrons. The first-order valence-corrected chi connectivity index (χ1v) is 8.18. The molecule has 2 aromatic rings. The van der Waals surface area contributed by atoms with Gasteiger partial charge in [-0.1, -0.05) is 48.5 Å². The molecule has 3 rings (SSSR count). The molecular weight excluding hydrogens is 335 g/mol. The molecule has 0 saturated carbocycles. The minimum absolute atomic E-state index is 0.216. The number of hydrogen-bond donors (Lipinski definition) is 1. The number of amides is 2. The molecule has 1 heterocycles. The molecule has 0 spiro atoms. The molecule has 1 aliphatic heterocycles. The maximum atomic E-state index is 14.3. The Labute approximate surface area is 151 Å². The van der Waals surface area contributed by atoms with Crippen LogP contribution in [0, 0.1) is 5.82 Å². The van der Waals surface area contributed by atoms with Crippen molar-refractivity contribution in [1.29, 1.82) is 0 Å². The molecule has 0 aromatic heterocycles. The van der Waals surface area contributed by atoms with E-state index in [0.29, 0.717) is 12.2 Å². The normalized spacial score (nSPS) is 17.1. The molecule has 5 nitrogen and oxygen atoms in total. The fraction of sp³-hybridized carbons (Fsp3) is 0.200. The van der Waals surface area contributed by atoms with Gasteiger partial charge in [0.1, 0.15) is 5.82 Å². The highest BCUT2D eigenvalue weighted by molar-refractivity contribution is 5.95. The Balaban J connectivity index is 2.05. The van der Waals surface area contributed by atoms with E-state index in [-0.39, 0.29) is 11.1 Å². The predicted octanol–water partition coefficient (Wildman–Crippen LogP) is 3.54. The van der Waals surface area contributed by atoms with E-state index in [4.69, 9.17) is 4.74 Å². The van der Waals surface area contributed by atoms with Crippen LogP contribution in [-0.2, 0) is 16.1 Å². The molecule has 0 saturated heterocycles. The number of carbonyl (C=O) groups is 2. The first-order chi connectivity index (χ1) is 12.5. The molecule has 2 amide bonds. The molecule has 1 aliphatic rings. The number of urea groups is 1. The van der Waals surface area contributed by atoms with Gasteiger partial charge in [-0.05, 0) is 18.6 Å². The summed E-state index contributed by atoms with van der Waals surface area (Å²) in [6, 6.07) is 14.2. The van der Waals surface area contributed by atoms with Gasteiger partial charge in [0.15, 0.2) is 0 Å². The Morgan fingerprint density at radius 1 is 1.15 bits per heavy atom. The number of nitrogens with one attached hydrogen (secondary N) is 1.